The van der Waals surface area contributed by atoms with Crippen LogP contribution in [0.4, 0.5) is 23.1 Å². The Morgan fingerprint density at radius 3 is 2.67 bits per heavy atom. The number of methoxy groups -OCH3 is 2. The Morgan fingerprint density at radius 1 is 0.926 bits per heavy atom. The van der Waals surface area contributed by atoms with Gasteiger partial charge in [0.05, 0.1) is 19.9 Å². The number of nitrogens with zero attached hydrogens (tertiary/aromatic N) is 2. The predicted octanol–water partition coefficient (Wildman–Crippen LogP) is 3.71. The maximum Gasteiger partial charge on any atom is 0.231 e. The van der Waals surface area contributed by atoms with Crippen LogP contribution >= 0.6 is 0 Å². The van der Waals surface area contributed by atoms with Crippen molar-refractivity contribution in [2.75, 3.05) is 31.6 Å². The predicted molar refractivity (Wildman–Crippen MR) is 101 cm³/mol. The minimum Gasteiger partial charge on any atom is -0.497 e. The van der Waals surface area contributed by atoms with Gasteiger partial charge in [-0.15, -0.1) is 0 Å². The maximum atomic E-state index is 5.39. The summed E-state index contributed by atoms with van der Waals surface area (Å²) < 4.78 is 21.3. The largest absolute Gasteiger partial charge is 0.497 e. The summed E-state index contributed by atoms with van der Waals surface area (Å²) in [7, 11) is 3.20. The molecular weight excluding hydrogens is 348 g/mol. The van der Waals surface area contributed by atoms with Gasteiger partial charge in [0.1, 0.15) is 17.3 Å². The Bertz CT molecular complexity index is 964. The van der Waals surface area contributed by atoms with E-state index in [1.165, 1.54) is 0 Å². The summed E-state index contributed by atoms with van der Waals surface area (Å²) in [6.45, 7) is 0.240. The number of benzene rings is 2. The highest BCUT2D eigenvalue weighted by Crippen LogP contribution is 2.35. The van der Waals surface area contributed by atoms with Gasteiger partial charge in [0.25, 0.3) is 0 Å². The summed E-state index contributed by atoms with van der Waals surface area (Å²) in [4.78, 5) is 8.74. The fourth-order valence-corrected chi connectivity index (χ4v) is 2.63. The molecule has 138 valence electrons. The lowest BCUT2D eigenvalue weighted by Crippen LogP contribution is -2.02. The van der Waals surface area contributed by atoms with Crippen molar-refractivity contribution >= 4 is 23.1 Å². The zero-order valence-electron chi connectivity index (χ0n) is 14.9. The maximum absolute atomic E-state index is 5.39. The third-order valence-corrected chi connectivity index (χ3v) is 3.96. The van der Waals surface area contributed by atoms with Gasteiger partial charge in [-0.25, -0.2) is 4.98 Å². The van der Waals surface area contributed by atoms with Crippen molar-refractivity contribution in [3.8, 4) is 23.0 Å². The molecule has 1 aliphatic rings. The van der Waals surface area contributed by atoms with E-state index in [4.69, 9.17) is 18.9 Å². The third kappa shape index (κ3) is 3.64. The highest BCUT2D eigenvalue weighted by Gasteiger charge is 2.13. The first-order valence-corrected chi connectivity index (χ1v) is 8.24. The van der Waals surface area contributed by atoms with Crippen molar-refractivity contribution in [2.45, 2.75) is 0 Å². The van der Waals surface area contributed by atoms with Gasteiger partial charge in [-0.05, 0) is 30.3 Å². The molecule has 2 N–H and O–H groups in total. The monoisotopic (exact) mass is 366 g/mol. The second kappa shape index (κ2) is 7.28. The minimum absolute atomic E-state index is 0.240. The molecule has 0 unspecified atom stereocenters. The van der Waals surface area contributed by atoms with Gasteiger partial charge in [0.15, 0.2) is 11.5 Å². The lowest BCUT2D eigenvalue weighted by atomic mass is 10.2. The van der Waals surface area contributed by atoms with E-state index in [0.717, 1.165) is 17.1 Å². The molecule has 0 atom stereocenters. The summed E-state index contributed by atoms with van der Waals surface area (Å²) >= 11 is 0. The Kier molecular flexibility index (Phi) is 4.52. The Balaban J connectivity index is 1.53. The standard InChI is InChI=1S/C19H18N4O4/c1-24-13-4-5-14(16(10-13)25-2)22-19-20-8-7-18(23-19)21-12-3-6-15-17(9-12)27-11-26-15/h3-10H,11H2,1-2H3,(H2,20,21,22,23). The number of hydrogen-bond acceptors (Lipinski definition) is 8. The molecule has 0 fully saturated rings. The van der Waals surface area contributed by atoms with E-state index < -0.39 is 0 Å². The van der Waals surface area contributed by atoms with Crippen molar-refractivity contribution in [3.63, 3.8) is 0 Å². The summed E-state index contributed by atoms with van der Waals surface area (Å²) in [5.41, 5.74) is 1.57. The van der Waals surface area contributed by atoms with Crippen molar-refractivity contribution in [1.29, 1.82) is 0 Å². The van der Waals surface area contributed by atoms with Gasteiger partial charge in [-0.1, -0.05) is 0 Å². The van der Waals surface area contributed by atoms with Gasteiger partial charge in [-0.2, -0.15) is 4.98 Å². The third-order valence-electron chi connectivity index (χ3n) is 3.96. The summed E-state index contributed by atoms with van der Waals surface area (Å²) in [5, 5.41) is 6.38. The van der Waals surface area contributed by atoms with E-state index in [9.17, 15) is 0 Å². The molecule has 1 aromatic heterocycles. The minimum atomic E-state index is 0.240. The van der Waals surface area contributed by atoms with E-state index in [-0.39, 0.29) is 6.79 Å². The van der Waals surface area contributed by atoms with Crippen molar-refractivity contribution in [3.05, 3.63) is 48.7 Å². The SMILES string of the molecule is COc1ccc(Nc2nccc(Nc3ccc4c(c3)OCO4)n2)c(OC)c1. The smallest absolute Gasteiger partial charge is 0.231 e. The Morgan fingerprint density at radius 2 is 1.81 bits per heavy atom. The van der Waals surface area contributed by atoms with Crippen LogP contribution in [0.3, 0.4) is 0 Å². The van der Waals surface area contributed by atoms with Crippen LogP contribution in [0, 0.1) is 0 Å². The Labute approximate surface area is 156 Å². The first-order chi connectivity index (χ1) is 13.2. The topological polar surface area (TPSA) is 86.8 Å². The number of hydrogen-bond donors (Lipinski definition) is 2. The number of rotatable bonds is 6. The average Bonchev–Trinajstić information content (AvgIpc) is 3.16. The van der Waals surface area contributed by atoms with Crippen LogP contribution in [0.2, 0.25) is 0 Å². The lowest BCUT2D eigenvalue weighted by Gasteiger charge is -2.12. The molecule has 0 amide bonds. The van der Waals surface area contributed by atoms with Gasteiger partial charge < -0.3 is 29.6 Å². The molecule has 2 heterocycles. The number of nitrogens with one attached hydrogen (secondary N) is 2. The van der Waals surface area contributed by atoms with Crippen LogP contribution in [-0.4, -0.2) is 31.0 Å². The number of aromatic nitrogens is 2. The normalized spacial score (nSPS) is 11.8. The van der Waals surface area contributed by atoms with Crippen molar-refractivity contribution in [1.82, 2.24) is 9.97 Å². The van der Waals surface area contributed by atoms with Gasteiger partial charge in [-0.3, -0.25) is 0 Å². The first kappa shape index (κ1) is 16.8. The first-order valence-electron chi connectivity index (χ1n) is 8.24. The van der Waals surface area contributed by atoms with Crippen LogP contribution < -0.4 is 29.6 Å². The molecular formula is C19H18N4O4. The molecule has 0 saturated carbocycles. The molecule has 8 heteroatoms. The molecule has 1 aliphatic heterocycles. The van der Waals surface area contributed by atoms with Crippen LogP contribution in [0.25, 0.3) is 0 Å². The molecule has 8 nitrogen and oxygen atoms in total. The second-order valence-electron chi connectivity index (χ2n) is 5.65. The van der Waals surface area contributed by atoms with Gasteiger partial charge in [0, 0.05) is 24.0 Å². The summed E-state index contributed by atoms with van der Waals surface area (Å²) in [5.74, 6) is 3.85. The zero-order chi connectivity index (χ0) is 18.6. The van der Waals surface area contributed by atoms with E-state index >= 15 is 0 Å². The Hall–Kier alpha value is -3.68. The van der Waals surface area contributed by atoms with Gasteiger partial charge in [0.2, 0.25) is 12.7 Å². The number of ether oxygens (including phenoxy) is 4. The van der Waals surface area contributed by atoms with Crippen LogP contribution in [0.1, 0.15) is 0 Å². The van der Waals surface area contributed by atoms with Crippen LogP contribution in [0.15, 0.2) is 48.7 Å². The lowest BCUT2D eigenvalue weighted by molar-refractivity contribution is 0.174. The molecule has 0 saturated heterocycles. The second-order valence-corrected chi connectivity index (χ2v) is 5.65. The molecule has 3 aromatic rings. The van der Waals surface area contributed by atoms with Crippen molar-refractivity contribution in [2.24, 2.45) is 0 Å². The molecule has 27 heavy (non-hydrogen) atoms. The summed E-state index contributed by atoms with van der Waals surface area (Å²) in [6, 6.07) is 12.9. The van der Waals surface area contributed by atoms with Crippen LogP contribution in [0.5, 0.6) is 23.0 Å². The highest BCUT2D eigenvalue weighted by atomic mass is 16.7. The molecule has 0 aliphatic carbocycles. The van der Waals surface area contributed by atoms with E-state index in [2.05, 4.69) is 20.6 Å². The van der Waals surface area contributed by atoms with E-state index in [1.54, 1.807) is 32.5 Å². The van der Waals surface area contributed by atoms with Gasteiger partial charge >= 0.3 is 0 Å². The summed E-state index contributed by atoms with van der Waals surface area (Å²) in [6.07, 6.45) is 1.67. The fraction of sp³-hybridized carbons (Fsp3) is 0.158. The molecule has 4 rings (SSSR count). The van der Waals surface area contributed by atoms with Crippen molar-refractivity contribution < 1.29 is 18.9 Å². The van der Waals surface area contributed by atoms with E-state index in [1.807, 2.05) is 30.3 Å². The number of fused-ring (bicyclic) bond motifs is 1. The highest BCUT2D eigenvalue weighted by molar-refractivity contribution is 5.66. The molecule has 0 radical (unpaired) electrons. The van der Waals surface area contributed by atoms with E-state index in [0.29, 0.717) is 29.0 Å². The average molecular weight is 366 g/mol. The van der Waals surface area contributed by atoms with Crippen LogP contribution in [-0.2, 0) is 0 Å². The number of anilines is 4. The fourth-order valence-electron chi connectivity index (χ4n) is 2.63. The quantitative estimate of drug-likeness (QED) is 0.683. The molecule has 0 spiro atoms. The molecule has 0 bridgehead atoms. The zero-order valence-corrected chi connectivity index (χ0v) is 14.9. The molecule has 2 aromatic carbocycles.